The summed E-state index contributed by atoms with van der Waals surface area (Å²) < 4.78 is 17.4. The molecule has 2 heterocycles. The predicted molar refractivity (Wildman–Crippen MR) is 112 cm³/mol. The summed E-state index contributed by atoms with van der Waals surface area (Å²) in [6, 6.07) is 7.32. The van der Waals surface area contributed by atoms with Crippen molar-refractivity contribution in [3.63, 3.8) is 0 Å². The Morgan fingerprint density at radius 2 is 1.69 bits per heavy atom. The Labute approximate surface area is 173 Å². The lowest BCUT2D eigenvalue weighted by molar-refractivity contribution is -0.117. The molecule has 1 N–H and O–H groups in total. The number of benzene rings is 1. The predicted octanol–water partition coefficient (Wildman–Crippen LogP) is 2.62. The molecular formula is C21H31BN2O5. The Morgan fingerprint density at radius 3 is 2.21 bits per heavy atom. The monoisotopic (exact) mass is 402 g/mol. The standard InChI is InChI=1S/C21H31BN2O5/c1-19(2,3)27-18(26)23-15-12-17(25)24(13-15)16-10-8-14(9-11-16)22-28-20(4,5)21(6,7)29-22/h8-11,15H,12-13H2,1-7H3,(H,23,26)/t15-/m0/s1. The zero-order valence-corrected chi connectivity index (χ0v) is 18.4. The van der Waals surface area contributed by atoms with Gasteiger partial charge in [-0.1, -0.05) is 12.1 Å². The van der Waals surface area contributed by atoms with E-state index in [0.29, 0.717) is 6.54 Å². The minimum Gasteiger partial charge on any atom is -0.444 e. The maximum Gasteiger partial charge on any atom is 0.494 e. The van der Waals surface area contributed by atoms with E-state index in [2.05, 4.69) is 5.32 Å². The van der Waals surface area contributed by atoms with Crippen LogP contribution in [0.1, 0.15) is 54.9 Å². The van der Waals surface area contributed by atoms with Gasteiger partial charge in [-0.25, -0.2) is 4.79 Å². The van der Waals surface area contributed by atoms with Gasteiger partial charge in [0.05, 0.1) is 17.2 Å². The Balaban J connectivity index is 1.63. The lowest BCUT2D eigenvalue weighted by atomic mass is 9.79. The summed E-state index contributed by atoms with van der Waals surface area (Å²) in [5, 5.41) is 2.78. The van der Waals surface area contributed by atoms with Gasteiger partial charge in [0.2, 0.25) is 5.91 Å². The van der Waals surface area contributed by atoms with E-state index < -0.39 is 30.0 Å². The highest BCUT2D eigenvalue weighted by Crippen LogP contribution is 2.36. The first-order valence-electron chi connectivity index (χ1n) is 10.0. The van der Waals surface area contributed by atoms with Crippen LogP contribution < -0.4 is 15.7 Å². The van der Waals surface area contributed by atoms with Gasteiger partial charge in [0.25, 0.3) is 0 Å². The average Bonchev–Trinajstić information content (AvgIpc) is 3.02. The third kappa shape index (κ3) is 4.75. The van der Waals surface area contributed by atoms with E-state index in [0.717, 1.165) is 11.2 Å². The normalized spacial score (nSPS) is 23.4. The SMILES string of the molecule is CC(C)(C)OC(=O)N[C@H]1CC(=O)N(c2ccc(B3OC(C)(C)C(C)(C)O3)cc2)C1. The van der Waals surface area contributed by atoms with E-state index in [4.69, 9.17) is 14.0 Å². The first-order chi connectivity index (χ1) is 13.3. The van der Waals surface area contributed by atoms with Crippen LogP contribution in [0.3, 0.4) is 0 Å². The number of hydrogen-bond donors (Lipinski definition) is 1. The number of alkyl carbamates (subject to hydrolysis) is 1. The fourth-order valence-corrected chi connectivity index (χ4v) is 3.32. The number of amides is 2. The lowest BCUT2D eigenvalue weighted by Gasteiger charge is -2.32. The van der Waals surface area contributed by atoms with Gasteiger partial charge in [-0.3, -0.25) is 4.79 Å². The van der Waals surface area contributed by atoms with Gasteiger partial charge < -0.3 is 24.3 Å². The molecule has 7 nitrogen and oxygen atoms in total. The second kappa shape index (κ2) is 7.33. The summed E-state index contributed by atoms with van der Waals surface area (Å²) in [6.07, 6.45) is -0.258. The van der Waals surface area contributed by atoms with Crippen LogP contribution in [0.5, 0.6) is 0 Å². The molecule has 3 rings (SSSR count). The molecule has 0 spiro atoms. The maximum atomic E-state index is 12.4. The van der Waals surface area contributed by atoms with Gasteiger partial charge in [-0.05, 0) is 66.1 Å². The third-order valence-electron chi connectivity index (χ3n) is 5.58. The van der Waals surface area contributed by atoms with E-state index in [1.54, 1.807) is 25.7 Å². The van der Waals surface area contributed by atoms with E-state index in [1.807, 2.05) is 52.0 Å². The molecule has 0 saturated carbocycles. The van der Waals surface area contributed by atoms with Crippen molar-refractivity contribution in [3.05, 3.63) is 24.3 Å². The fourth-order valence-electron chi connectivity index (χ4n) is 3.32. The highest BCUT2D eigenvalue weighted by Gasteiger charge is 2.51. The first-order valence-corrected chi connectivity index (χ1v) is 10.0. The Hall–Kier alpha value is -2.06. The van der Waals surface area contributed by atoms with Gasteiger partial charge in [-0.2, -0.15) is 0 Å². The van der Waals surface area contributed by atoms with Crippen molar-refractivity contribution in [2.24, 2.45) is 0 Å². The molecule has 0 unspecified atom stereocenters. The number of ether oxygens (including phenoxy) is 1. The van der Waals surface area contributed by atoms with E-state index >= 15 is 0 Å². The van der Waals surface area contributed by atoms with Gasteiger partial charge in [0.15, 0.2) is 0 Å². The van der Waals surface area contributed by atoms with Crippen molar-refractivity contribution in [1.82, 2.24) is 5.32 Å². The summed E-state index contributed by atoms with van der Waals surface area (Å²) >= 11 is 0. The smallest absolute Gasteiger partial charge is 0.444 e. The number of hydrogen-bond acceptors (Lipinski definition) is 5. The lowest BCUT2D eigenvalue weighted by Crippen LogP contribution is -2.41. The zero-order chi connectivity index (χ0) is 21.6. The van der Waals surface area contributed by atoms with Gasteiger partial charge in [-0.15, -0.1) is 0 Å². The van der Waals surface area contributed by atoms with Crippen LogP contribution in [0.25, 0.3) is 0 Å². The van der Waals surface area contributed by atoms with Gasteiger partial charge in [0.1, 0.15) is 5.60 Å². The molecule has 0 aromatic heterocycles. The van der Waals surface area contributed by atoms with E-state index in [1.165, 1.54) is 0 Å². The fraction of sp³-hybridized carbons (Fsp3) is 0.619. The molecular weight excluding hydrogens is 371 g/mol. The van der Waals surface area contributed by atoms with E-state index in [9.17, 15) is 9.59 Å². The van der Waals surface area contributed by atoms with Crippen molar-refractivity contribution in [3.8, 4) is 0 Å². The molecule has 1 atom stereocenters. The highest BCUT2D eigenvalue weighted by molar-refractivity contribution is 6.62. The van der Waals surface area contributed by atoms with Crippen molar-refractivity contribution in [1.29, 1.82) is 0 Å². The second-order valence-corrected chi connectivity index (χ2v) is 9.73. The summed E-state index contributed by atoms with van der Waals surface area (Å²) in [5.74, 6) is -0.0329. The molecule has 0 aliphatic carbocycles. The molecule has 0 radical (unpaired) electrons. The van der Waals surface area contributed by atoms with Crippen molar-refractivity contribution in [2.75, 3.05) is 11.4 Å². The molecule has 158 valence electrons. The van der Waals surface area contributed by atoms with Crippen LogP contribution in [0.4, 0.5) is 10.5 Å². The molecule has 2 aliphatic heterocycles. The Kier molecular flexibility index (Phi) is 5.47. The topological polar surface area (TPSA) is 77.1 Å². The Bertz CT molecular complexity index is 769. The highest BCUT2D eigenvalue weighted by atomic mass is 16.7. The largest absolute Gasteiger partial charge is 0.494 e. The van der Waals surface area contributed by atoms with Crippen molar-refractivity contribution >= 4 is 30.3 Å². The van der Waals surface area contributed by atoms with E-state index in [-0.39, 0.29) is 18.4 Å². The maximum absolute atomic E-state index is 12.4. The molecule has 2 amide bonds. The van der Waals surface area contributed by atoms with Crippen LogP contribution in [0, 0.1) is 0 Å². The van der Waals surface area contributed by atoms with Crippen LogP contribution in [0.2, 0.25) is 0 Å². The van der Waals surface area contributed by atoms with Crippen LogP contribution in [-0.4, -0.2) is 48.5 Å². The number of rotatable bonds is 3. The Morgan fingerprint density at radius 1 is 1.14 bits per heavy atom. The molecule has 1 aromatic carbocycles. The second-order valence-electron chi connectivity index (χ2n) is 9.73. The minimum absolute atomic E-state index is 0.0329. The molecule has 1 aromatic rings. The number of carbonyl (C=O) groups excluding carboxylic acids is 2. The summed E-state index contributed by atoms with van der Waals surface area (Å²) in [6.45, 7) is 13.9. The van der Waals surface area contributed by atoms with Gasteiger partial charge >= 0.3 is 13.2 Å². The molecule has 0 bridgehead atoms. The van der Waals surface area contributed by atoms with Crippen LogP contribution in [0.15, 0.2) is 24.3 Å². The quantitative estimate of drug-likeness (QED) is 0.787. The van der Waals surface area contributed by atoms with Gasteiger partial charge in [0, 0.05) is 18.7 Å². The summed E-state index contributed by atoms with van der Waals surface area (Å²) in [4.78, 5) is 26.1. The summed E-state index contributed by atoms with van der Waals surface area (Å²) in [5.41, 5.74) is 0.311. The molecule has 2 aliphatic rings. The van der Waals surface area contributed by atoms with Crippen LogP contribution >= 0.6 is 0 Å². The number of nitrogens with one attached hydrogen (secondary N) is 1. The molecule has 29 heavy (non-hydrogen) atoms. The van der Waals surface area contributed by atoms with Crippen molar-refractivity contribution < 1.29 is 23.6 Å². The zero-order valence-electron chi connectivity index (χ0n) is 18.4. The average molecular weight is 402 g/mol. The third-order valence-corrected chi connectivity index (χ3v) is 5.58. The first kappa shape index (κ1) is 21.6. The van der Waals surface area contributed by atoms with Crippen molar-refractivity contribution in [2.45, 2.75) is 77.7 Å². The number of carbonyl (C=O) groups is 2. The molecule has 2 saturated heterocycles. The molecule has 8 heteroatoms. The van der Waals surface area contributed by atoms with Crippen LogP contribution in [-0.2, 0) is 18.8 Å². The summed E-state index contributed by atoms with van der Waals surface area (Å²) in [7, 11) is -0.440. The number of anilines is 1. The number of nitrogens with zero attached hydrogens (tertiary/aromatic N) is 1. The minimum atomic E-state index is -0.574. The molecule has 2 fully saturated rings.